The van der Waals surface area contributed by atoms with E-state index in [1.807, 2.05) is 9.80 Å². The van der Waals surface area contributed by atoms with E-state index in [9.17, 15) is 9.90 Å². The maximum atomic E-state index is 12.8. The monoisotopic (exact) mass is 601 g/mol. The zero-order valence-corrected chi connectivity index (χ0v) is 23.7. The van der Waals surface area contributed by atoms with Crippen LogP contribution in [0.4, 0.5) is 29.2 Å². The van der Waals surface area contributed by atoms with E-state index in [-0.39, 0.29) is 46.5 Å². The van der Waals surface area contributed by atoms with Crippen molar-refractivity contribution in [3.8, 4) is 5.75 Å². The van der Waals surface area contributed by atoms with E-state index in [1.165, 1.54) is 12.1 Å². The molecule has 4 atom stereocenters. The number of aromatic hydroxyl groups is 1. The van der Waals surface area contributed by atoms with Crippen molar-refractivity contribution in [3.05, 3.63) is 52.0 Å². The molecule has 1 amide bonds. The van der Waals surface area contributed by atoms with Crippen LogP contribution < -0.4 is 43.4 Å². The van der Waals surface area contributed by atoms with E-state index in [1.54, 1.807) is 24.3 Å². The van der Waals surface area contributed by atoms with Crippen molar-refractivity contribution in [2.24, 2.45) is 22.9 Å². The van der Waals surface area contributed by atoms with Gasteiger partial charge in [0, 0.05) is 62.1 Å². The van der Waals surface area contributed by atoms with E-state index in [4.69, 9.17) is 51.1 Å². The lowest BCUT2D eigenvalue weighted by Crippen LogP contribution is -2.54. The van der Waals surface area contributed by atoms with Gasteiger partial charge in [-0.15, -0.1) is 0 Å². The fourth-order valence-corrected chi connectivity index (χ4v) is 5.44. The molecule has 2 aromatic carbocycles. The number of rotatable bonds is 6. The second kappa shape index (κ2) is 12.2. The van der Waals surface area contributed by atoms with E-state index >= 15 is 0 Å². The van der Waals surface area contributed by atoms with Gasteiger partial charge in [0.1, 0.15) is 5.75 Å². The third-order valence-electron chi connectivity index (χ3n) is 6.91. The molecule has 13 nitrogen and oxygen atoms in total. The van der Waals surface area contributed by atoms with Crippen LogP contribution in [-0.4, -0.2) is 76.3 Å². The molecule has 0 saturated carbocycles. The van der Waals surface area contributed by atoms with Gasteiger partial charge in [-0.05, 0) is 37.1 Å². The Morgan fingerprint density at radius 2 is 1.41 bits per heavy atom. The van der Waals surface area contributed by atoms with Crippen LogP contribution in [-0.2, 0) is 0 Å². The van der Waals surface area contributed by atoms with Gasteiger partial charge in [-0.25, -0.2) is 0 Å². The van der Waals surface area contributed by atoms with Crippen LogP contribution in [0.5, 0.6) is 5.75 Å². The number of hydrogen-bond donors (Lipinski definition) is 7. The number of nitrogens with two attached hydrogens (primary N) is 4. The Morgan fingerprint density at radius 3 is 1.95 bits per heavy atom. The Bertz CT molecular complexity index is 1360. The zero-order valence-electron chi connectivity index (χ0n) is 22.2. The molecule has 5 rings (SSSR count). The average molecular weight is 603 g/mol. The van der Waals surface area contributed by atoms with Crippen LogP contribution >= 0.6 is 23.2 Å². The molecule has 2 fully saturated rings. The summed E-state index contributed by atoms with van der Waals surface area (Å²) in [7, 11) is 0. The number of phenols is 1. The molecule has 2 saturated heterocycles. The van der Waals surface area contributed by atoms with Crippen molar-refractivity contribution in [1.82, 2.24) is 15.0 Å². The molecule has 218 valence electrons. The molecule has 1 aromatic heterocycles. The Labute approximate surface area is 247 Å². The number of nitrogens with one attached hydrogen (secondary N) is 2. The summed E-state index contributed by atoms with van der Waals surface area (Å²) in [6.45, 7) is 2.15. The smallest absolute Gasteiger partial charge is 0.259 e. The van der Waals surface area contributed by atoms with Crippen LogP contribution in [0.25, 0.3) is 0 Å². The SMILES string of the molecule is N[C@@H]1C[C@H](N)CN(c2nc(Nc3ccc(C(=O)Nc4cccc(Cl)c4Cl)c(O)c3)nc(N3C[C@H](N)C[C@H](N)C3)n2)C1. The highest BCUT2D eigenvalue weighted by atomic mass is 35.5. The Balaban J connectivity index is 1.41. The third-order valence-corrected chi connectivity index (χ3v) is 7.73. The van der Waals surface area contributed by atoms with Gasteiger partial charge < -0.3 is 48.5 Å². The molecule has 0 bridgehead atoms. The molecule has 0 spiro atoms. The van der Waals surface area contributed by atoms with Crippen molar-refractivity contribution in [2.75, 3.05) is 46.6 Å². The second-order valence-corrected chi connectivity index (χ2v) is 11.3. The van der Waals surface area contributed by atoms with Gasteiger partial charge in [0.2, 0.25) is 17.8 Å². The summed E-state index contributed by atoms with van der Waals surface area (Å²) in [5.74, 6) is 0.233. The van der Waals surface area contributed by atoms with Gasteiger partial charge in [-0.2, -0.15) is 15.0 Å². The molecule has 2 aliphatic rings. The highest BCUT2D eigenvalue weighted by molar-refractivity contribution is 6.44. The van der Waals surface area contributed by atoms with Gasteiger partial charge in [0.25, 0.3) is 5.91 Å². The third kappa shape index (κ3) is 6.89. The first kappa shape index (κ1) is 29.0. The van der Waals surface area contributed by atoms with Crippen LogP contribution in [0, 0.1) is 0 Å². The topological polar surface area (TPSA) is 211 Å². The molecule has 15 heteroatoms. The number of nitrogens with zero attached hydrogens (tertiary/aromatic N) is 5. The minimum Gasteiger partial charge on any atom is -0.507 e. The first-order valence-corrected chi connectivity index (χ1v) is 13.9. The largest absolute Gasteiger partial charge is 0.507 e. The van der Waals surface area contributed by atoms with Crippen molar-refractivity contribution in [3.63, 3.8) is 0 Å². The number of piperidine rings is 2. The molecule has 11 N–H and O–H groups in total. The highest BCUT2D eigenvalue weighted by Gasteiger charge is 2.29. The van der Waals surface area contributed by atoms with Gasteiger partial charge in [0.05, 0.1) is 21.3 Å². The Kier molecular flexibility index (Phi) is 8.63. The number of hydrogen-bond acceptors (Lipinski definition) is 12. The minimum absolute atomic E-state index is 0.0381. The lowest BCUT2D eigenvalue weighted by atomic mass is 10.0. The summed E-state index contributed by atoms with van der Waals surface area (Å²) in [5, 5.41) is 17.0. The molecular formula is C26H33Cl2N11O2. The van der Waals surface area contributed by atoms with Crippen molar-refractivity contribution in [1.29, 1.82) is 0 Å². The number of anilines is 5. The lowest BCUT2D eigenvalue weighted by molar-refractivity contribution is 0.102. The number of phenolic OH excluding ortho intramolecular Hbond substituents is 1. The lowest BCUT2D eigenvalue weighted by Gasteiger charge is -2.37. The Morgan fingerprint density at radius 1 is 0.854 bits per heavy atom. The number of amides is 1. The van der Waals surface area contributed by atoms with Gasteiger partial charge in [-0.3, -0.25) is 4.79 Å². The Hall–Kier alpha value is -3.46. The van der Waals surface area contributed by atoms with Crippen molar-refractivity contribution < 1.29 is 9.90 Å². The number of aromatic nitrogens is 3. The highest BCUT2D eigenvalue weighted by Crippen LogP contribution is 2.31. The van der Waals surface area contributed by atoms with Gasteiger partial charge >= 0.3 is 0 Å². The summed E-state index contributed by atoms with van der Waals surface area (Å²) >= 11 is 12.2. The van der Waals surface area contributed by atoms with Crippen molar-refractivity contribution >= 4 is 58.3 Å². The molecular weight excluding hydrogens is 569 g/mol. The summed E-state index contributed by atoms with van der Waals surface area (Å²) in [4.78, 5) is 30.7. The van der Waals surface area contributed by atoms with Crippen molar-refractivity contribution in [2.45, 2.75) is 37.0 Å². The fraction of sp³-hybridized carbons (Fsp3) is 0.385. The first-order chi connectivity index (χ1) is 19.5. The number of benzene rings is 2. The van der Waals surface area contributed by atoms with E-state index in [2.05, 4.69) is 20.6 Å². The summed E-state index contributed by atoms with van der Waals surface area (Å²) in [6.07, 6.45) is 1.41. The zero-order chi connectivity index (χ0) is 29.3. The minimum atomic E-state index is -0.557. The first-order valence-electron chi connectivity index (χ1n) is 13.2. The second-order valence-electron chi connectivity index (χ2n) is 10.5. The van der Waals surface area contributed by atoms with E-state index < -0.39 is 5.91 Å². The molecule has 0 unspecified atom stereocenters. The van der Waals surface area contributed by atoms with Gasteiger partial charge in [-0.1, -0.05) is 29.3 Å². The summed E-state index contributed by atoms with van der Waals surface area (Å²) in [5.41, 5.74) is 25.7. The number of carbonyl (C=O) groups is 1. The molecule has 3 aromatic rings. The standard InChI is InChI=1S/C26H33Cl2N11O2/c27-19-2-1-3-20(22(19)28)34-23(41)18-5-4-17(8-21(18)40)33-24-35-25(38-9-13(29)6-14(30)10-38)37-26(36-24)39-11-15(31)7-16(32)12-39/h1-5,8,13-16,40H,6-7,9-12,29-32H2,(H,34,41)(H,33,35,36,37)/t13-,14+,15-,16+. The summed E-state index contributed by atoms with van der Waals surface area (Å²) < 4.78 is 0. The van der Waals surface area contributed by atoms with Crippen LogP contribution in [0.3, 0.4) is 0 Å². The fourth-order valence-electron chi connectivity index (χ4n) is 5.10. The van der Waals surface area contributed by atoms with E-state index in [0.29, 0.717) is 67.3 Å². The normalized spacial score (nSPS) is 22.9. The summed E-state index contributed by atoms with van der Waals surface area (Å²) in [6, 6.07) is 8.89. The van der Waals surface area contributed by atoms with Crippen LogP contribution in [0.15, 0.2) is 36.4 Å². The van der Waals surface area contributed by atoms with E-state index in [0.717, 1.165) is 0 Å². The average Bonchev–Trinajstić information content (AvgIpc) is 2.90. The molecule has 0 aliphatic carbocycles. The molecule has 0 radical (unpaired) electrons. The predicted molar refractivity (Wildman–Crippen MR) is 161 cm³/mol. The maximum absolute atomic E-state index is 12.8. The number of halogens is 2. The predicted octanol–water partition coefficient (Wildman–Crippen LogP) is 1.61. The molecule has 2 aliphatic heterocycles. The van der Waals surface area contributed by atoms with Crippen LogP contribution in [0.2, 0.25) is 10.0 Å². The maximum Gasteiger partial charge on any atom is 0.259 e. The number of carbonyl (C=O) groups excluding carboxylic acids is 1. The quantitative estimate of drug-likeness (QED) is 0.215. The molecule has 41 heavy (non-hydrogen) atoms. The van der Waals surface area contributed by atoms with Crippen LogP contribution in [0.1, 0.15) is 23.2 Å². The van der Waals surface area contributed by atoms with Gasteiger partial charge in [0.15, 0.2) is 0 Å². The molecule has 3 heterocycles.